The first-order chi connectivity index (χ1) is 12.0. The van der Waals surface area contributed by atoms with E-state index < -0.39 is 12.0 Å². The second kappa shape index (κ2) is 7.45. The van der Waals surface area contributed by atoms with Crippen molar-refractivity contribution in [1.82, 2.24) is 4.90 Å². The molecule has 6 heteroatoms. The highest BCUT2D eigenvalue weighted by molar-refractivity contribution is 7.12. The Kier molecular flexibility index (Phi) is 5.30. The largest absolute Gasteiger partial charge is 0.497 e. The number of ether oxygens (including phenoxy) is 2. The van der Waals surface area contributed by atoms with Gasteiger partial charge in [0, 0.05) is 27.9 Å². The Morgan fingerprint density at radius 3 is 2.68 bits per heavy atom. The van der Waals surface area contributed by atoms with E-state index in [4.69, 9.17) is 9.47 Å². The minimum Gasteiger partial charge on any atom is -0.497 e. The predicted molar refractivity (Wildman–Crippen MR) is 97.8 cm³/mol. The molecule has 0 radical (unpaired) electrons. The third-order valence-corrected chi connectivity index (χ3v) is 5.73. The number of rotatable bonds is 6. The number of carbonyl (C=O) groups is 1. The Labute approximate surface area is 151 Å². The normalized spacial score (nSPS) is 18.9. The van der Waals surface area contributed by atoms with Crippen LogP contribution in [0.25, 0.3) is 0 Å². The van der Waals surface area contributed by atoms with E-state index in [2.05, 4.69) is 24.0 Å². The summed E-state index contributed by atoms with van der Waals surface area (Å²) in [4.78, 5) is 16.2. The van der Waals surface area contributed by atoms with Crippen molar-refractivity contribution in [3.05, 3.63) is 45.6 Å². The second-order valence-corrected chi connectivity index (χ2v) is 7.51. The van der Waals surface area contributed by atoms with Gasteiger partial charge in [-0.2, -0.15) is 0 Å². The van der Waals surface area contributed by atoms with Crippen LogP contribution in [0.15, 0.2) is 30.3 Å². The van der Waals surface area contributed by atoms with Crippen molar-refractivity contribution in [3.8, 4) is 11.5 Å². The number of hydrogen-bond acceptors (Lipinski definition) is 5. The molecule has 1 aromatic carbocycles. The highest BCUT2D eigenvalue weighted by Gasteiger charge is 2.38. The lowest BCUT2D eigenvalue weighted by Gasteiger charge is -2.32. The van der Waals surface area contributed by atoms with Crippen molar-refractivity contribution >= 4 is 17.3 Å². The SMILES string of the molecule is COc1ccc(C(c2ccc(C)s2)N2CCCC2C(=O)O)c(OC)c1. The molecule has 0 amide bonds. The van der Waals surface area contributed by atoms with Gasteiger partial charge >= 0.3 is 5.97 Å². The van der Waals surface area contributed by atoms with E-state index in [1.165, 1.54) is 4.88 Å². The summed E-state index contributed by atoms with van der Waals surface area (Å²) >= 11 is 1.70. The van der Waals surface area contributed by atoms with E-state index in [-0.39, 0.29) is 6.04 Å². The van der Waals surface area contributed by atoms with Crippen molar-refractivity contribution in [2.45, 2.75) is 31.8 Å². The Balaban J connectivity index is 2.10. The van der Waals surface area contributed by atoms with E-state index in [1.54, 1.807) is 25.6 Å². The summed E-state index contributed by atoms with van der Waals surface area (Å²) in [5.74, 6) is 0.674. The summed E-state index contributed by atoms with van der Waals surface area (Å²) in [6.07, 6.45) is 1.56. The molecular formula is C19H23NO4S. The molecule has 1 aromatic heterocycles. The zero-order chi connectivity index (χ0) is 18.0. The molecular weight excluding hydrogens is 338 g/mol. The number of thiophene rings is 1. The molecule has 1 aliphatic heterocycles. The fourth-order valence-electron chi connectivity index (χ4n) is 3.50. The molecule has 2 aromatic rings. The number of aryl methyl sites for hydroxylation is 1. The monoisotopic (exact) mass is 361 g/mol. The maximum Gasteiger partial charge on any atom is 0.320 e. The van der Waals surface area contributed by atoms with Crippen LogP contribution in [-0.4, -0.2) is 42.8 Å². The minimum atomic E-state index is -0.761. The van der Waals surface area contributed by atoms with Crippen LogP contribution in [0.4, 0.5) is 0 Å². The summed E-state index contributed by atoms with van der Waals surface area (Å²) in [7, 11) is 3.25. The summed E-state index contributed by atoms with van der Waals surface area (Å²) < 4.78 is 10.9. The van der Waals surface area contributed by atoms with Crippen LogP contribution in [0.5, 0.6) is 11.5 Å². The molecule has 1 fully saturated rings. The van der Waals surface area contributed by atoms with Gasteiger partial charge in [-0.1, -0.05) is 0 Å². The Hall–Kier alpha value is -2.05. The third kappa shape index (κ3) is 3.50. The number of carboxylic acid groups (broad SMARTS) is 1. The first-order valence-electron chi connectivity index (χ1n) is 8.32. The molecule has 3 rings (SSSR count). The lowest BCUT2D eigenvalue weighted by molar-refractivity contribution is -0.142. The molecule has 2 unspecified atom stereocenters. The molecule has 1 aliphatic rings. The zero-order valence-electron chi connectivity index (χ0n) is 14.7. The van der Waals surface area contributed by atoms with E-state index in [0.29, 0.717) is 12.2 Å². The molecule has 0 aliphatic carbocycles. The molecule has 0 bridgehead atoms. The van der Waals surface area contributed by atoms with Gasteiger partial charge in [-0.05, 0) is 44.0 Å². The smallest absolute Gasteiger partial charge is 0.320 e. The Bertz CT molecular complexity index is 758. The van der Waals surface area contributed by atoms with Gasteiger partial charge in [0.05, 0.1) is 20.3 Å². The summed E-state index contributed by atoms with van der Waals surface area (Å²) in [5.41, 5.74) is 0.971. The van der Waals surface area contributed by atoms with Crippen LogP contribution in [0.2, 0.25) is 0 Å². The average molecular weight is 361 g/mol. The van der Waals surface area contributed by atoms with Gasteiger partial charge in [0.1, 0.15) is 17.5 Å². The predicted octanol–water partition coefficient (Wildman–Crippen LogP) is 3.71. The minimum absolute atomic E-state index is 0.136. The first-order valence-corrected chi connectivity index (χ1v) is 9.13. The van der Waals surface area contributed by atoms with Gasteiger partial charge < -0.3 is 14.6 Å². The van der Waals surface area contributed by atoms with Crippen LogP contribution in [0.3, 0.4) is 0 Å². The molecule has 25 heavy (non-hydrogen) atoms. The summed E-state index contributed by atoms with van der Waals surface area (Å²) in [5, 5.41) is 9.65. The van der Waals surface area contributed by atoms with Crippen molar-refractivity contribution in [2.75, 3.05) is 20.8 Å². The van der Waals surface area contributed by atoms with Crippen molar-refractivity contribution in [1.29, 1.82) is 0 Å². The first kappa shape index (κ1) is 17.8. The second-order valence-electron chi connectivity index (χ2n) is 6.19. The fraction of sp³-hybridized carbons (Fsp3) is 0.421. The van der Waals surface area contributed by atoms with E-state index in [9.17, 15) is 9.90 Å². The maximum absolute atomic E-state index is 11.7. The Morgan fingerprint density at radius 1 is 1.28 bits per heavy atom. The fourth-order valence-corrected chi connectivity index (χ4v) is 4.52. The van der Waals surface area contributed by atoms with Crippen molar-refractivity contribution in [3.63, 3.8) is 0 Å². The lowest BCUT2D eigenvalue weighted by atomic mass is 10.0. The number of hydrogen-bond donors (Lipinski definition) is 1. The van der Waals surface area contributed by atoms with Crippen LogP contribution in [-0.2, 0) is 4.79 Å². The van der Waals surface area contributed by atoms with E-state index in [1.807, 2.05) is 18.2 Å². The molecule has 134 valence electrons. The number of methoxy groups -OCH3 is 2. The Morgan fingerprint density at radius 2 is 2.08 bits per heavy atom. The number of nitrogens with zero attached hydrogens (tertiary/aromatic N) is 1. The standard InChI is InChI=1S/C19H23NO4S/c1-12-6-9-17(25-12)18(20-10-4-5-15(20)19(21)22)14-8-7-13(23-2)11-16(14)24-3/h6-9,11,15,18H,4-5,10H2,1-3H3,(H,21,22). The number of likely N-dealkylation sites (tertiary alicyclic amines) is 1. The topological polar surface area (TPSA) is 59.0 Å². The summed E-state index contributed by atoms with van der Waals surface area (Å²) in [6.45, 7) is 2.82. The van der Waals surface area contributed by atoms with Gasteiger partial charge in [0.2, 0.25) is 0 Å². The van der Waals surface area contributed by atoms with Gasteiger partial charge in [0.15, 0.2) is 0 Å². The van der Waals surface area contributed by atoms with E-state index >= 15 is 0 Å². The molecule has 1 N–H and O–H groups in total. The average Bonchev–Trinajstić information content (AvgIpc) is 3.25. The highest BCUT2D eigenvalue weighted by atomic mass is 32.1. The van der Waals surface area contributed by atoms with Crippen LogP contribution >= 0.6 is 11.3 Å². The highest BCUT2D eigenvalue weighted by Crippen LogP contribution is 2.42. The van der Waals surface area contributed by atoms with Crippen molar-refractivity contribution < 1.29 is 19.4 Å². The molecule has 0 saturated carbocycles. The third-order valence-electron chi connectivity index (χ3n) is 4.68. The van der Waals surface area contributed by atoms with Crippen LogP contribution in [0.1, 0.15) is 34.2 Å². The van der Waals surface area contributed by atoms with Gasteiger partial charge in [-0.25, -0.2) is 0 Å². The van der Waals surface area contributed by atoms with E-state index in [0.717, 1.165) is 29.2 Å². The lowest BCUT2D eigenvalue weighted by Crippen LogP contribution is -2.39. The number of carboxylic acids is 1. The molecule has 0 spiro atoms. The quantitative estimate of drug-likeness (QED) is 0.850. The molecule has 5 nitrogen and oxygen atoms in total. The molecule has 1 saturated heterocycles. The van der Waals surface area contributed by atoms with Crippen LogP contribution in [0, 0.1) is 6.92 Å². The number of benzene rings is 1. The van der Waals surface area contributed by atoms with Crippen LogP contribution < -0.4 is 9.47 Å². The maximum atomic E-state index is 11.7. The van der Waals surface area contributed by atoms with Gasteiger partial charge in [-0.3, -0.25) is 9.69 Å². The molecule has 2 heterocycles. The number of aliphatic carboxylic acids is 1. The van der Waals surface area contributed by atoms with Gasteiger partial charge in [0.25, 0.3) is 0 Å². The molecule has 2 atom stereocenters. The van der Waals surface area contributed by atoms with Crippen molar-refractivity contribution in [2.24, 2.45) is 0 Å². The summed E-state index contributed by atoms with van der Waals surface area (Å²) in [6, 6.07) is 9.29. The van der Waals surface area contributed by atoms with Gasteiger partial charge in [-0.15, -0.1) is 11.3 Å². The zero-order valence-corrected chi connectivity index (χ0v) is 15.5.